The second-order valence-corrected chi connectivity index (χ2v) is 4.67. The minimum atomic E-state index is -4.47. The summed E-state index contributed by atoms with van der Waals surface area (Å²) in [5.74, 6) is -0.306. The molecular formula is C12H11F3N2OS. The summed E-state index contributed by atoms with van der Waals surface area (Å²) in [4.78, 5) is 11.4. The Hall–Kier alpha value is -1.63. The predicted octanol–water partition coefficient (Wildman–Crippen LogP) is 2.93. The van der Waals surface area contributed by atoms with E-state index in [-0.39, 0.29) is 22.6 Å². The quantitative estimate of drug-likeness (QED) is 0.822. The number of carbonyl (C=O) groups is 1. The minimum Gasteiger partial charge on any atom is -0.332 e. The number of hydrogen-bond donors (Lipinski definition) is 2. The number of anilines is 1. The van der Waals surface area contributed by atoms with Crippen LogP contribution < -0.4 is 10.6 Å². The molecule has 19 heavy (non-hydrogen) atoms. The first-order valence-corrected chi connectivity index (χ1v) is 6.07. The summed E-state index contributed by atoms with van der Waals surface area (Å²) in [7, 11) is 0. The average Bonchev–Trinajstić information content (AvgIpc) is 3.11. The molecule has 0 radical (unpaired) electrons. The SMILES string of the molecule is O=C(NC(=S)Nc1ccccc1C(F)(F)F)C1CC1. The summed E-state index contributed by atoms with van der Waals surface area (Å²) >= 11 is 4.83. The molecule has 0 spiro atoms. The van der Waals surface area contributed by atoms with Crippen molar-refractivity contribution in [3.63, 3.8) is 0 Å². The van der Waals surface area contributed by atoms with E-state index in [1.54, 1.807) is 0 Å². The van der Waals surface area contributed by atoms with Crippen LogP contribution in [0.1, 0.15) is 18.4 Å². The number of para-hydroxylation sites is 1. The summed E-state index contributed by atoms with van der Waals surface area (Å²) in [5, 5.41) is 4.68. The van der Waals surface area contributed by atoms with Gasteiger partial charge in [0.15, 0.2) is 5.11 Å². The Balaban J connectivity index is 2.06. The highest BCUT2D eigenvalue weighted by Gasteiger charge is 2.34. The molecule has 0 aromatic heterocycles. The normalized spacial score (nSPS) is 14.9. The first-order chi connectivity index (χ1) is 8.88. The maximum absolute atomic E-state index is 12.7. The monoisotopic (exact) mass is 288 g/mol. The lowest BCUT2D eigenvalue weighted by molar-refractivity contribution is -0.136. The van der Waals surface area contributed by atoms with Crippen LogP contribution in [0.25, 0.3) is 0 Å². The Kier molecular flexibility index (Phi) is 3.75. The van der Waals surface area contributed by atoms with Gasteiger partial charge in [-0.05, 0) is 37.2 Å². The third-order valence-corrected chi connectivity index (χ3v) is 2.87. The highest BCUT2D eigenvalue weighted by molar-refractivity contribution is 7.80. The van der Waals surface area contributed by atoms with Crippen LogP contribution in [0.4, 0.5) is 18.9 Å². The second kappa shape index (κ2) is 5.16. The molecule has 1 aromatic carbocycles. The number of benzene rings is 1. The van der Waals surface area contributed by atoms with Gasteiger partial charge >= 0.3 is 6.18 Å². The standard InChI is InChI=1S/C12H11F3N2OS/c13-12(14,15)8-3-1-2-4-9(8)16-11(19)17-10(18)7-5-6-7/h1-4,7H,5-6H2,(H2,16,17,18,19). The molecule has 0 atom stereocenters. The number of nitrogens with one attached hydrogen (secondary N) is 2. The van der Waals surface area contributed by atoms with E-state index in [0.717, 1.165) is 18.9 Å². The molecule has 0 bridgehead atoms. The number of rotatable bonds is 2. The summed E-state index contributed by atoms with van der Waals surface area (Å²) in [6, 6.07) is 4.97. The highest BCUT2D eigenvalue weighted by Crippen LogP contribution is 2.34. The molecule has 3 nitrogen and oxygen atoms in total. The van der Waals surface area contributed by atoms with Crippen molar-refractivity contribution in [2.45, 2.75) is 19.0 Å². The van der Waals surface area contributed by atoms with E-state index in [1.165, 1.54) is 18.2 Å². The van der Waals surface area contributed by atoms with E-state index in [9.17, 15) is 18.0 Å². The van der Waals surface area contributed by atoms with Crippen LogP contribution in [0.15, 0.2) is 24.3 Å². The molecule has 1 aliphatic carbocycles. The van der Waals surface area contributed by atoms with Crippen LogP contribution in [0, 0.1) is 5.92 Å². The molecule has 1 aliphatic rings. The molecule has 1 fully saturated rings. The highest BCUT2D eigenvalue weighted by atomic mass is 32.1. The Morgan fingerprint density at radius 3 is 2.47 bits per heavy atom. The second-order valence-electron chi connectivity index (χ2n) is 4.26. The average molecular weight is 288 g/mol. The van der Waals surface area contributed by atoms with Gasteiger partial charge in [0, 0.05) is 5.92 Å². The molecule has 0 unspecified atom stereocenters. The van der Waals surface area contributed by atoms with Gasteiger partial charge in [0.25, 0.3) is 0 Å². The van der Waals surface area contributed by atoms with Gasteiger partial charge in [0.1, 0.15) is 0 Å². The third kappa shape index (κ3) is 3.66. The molecule has 1 amide bonds. The van der Waals surface area contributed by atoms with E-state index in [1.807, 2.05) is 0 Å². The number of thiocarbonyl (C=S) groups is 1. The molecule has 1 aromatic rings. The molecular weight excluding hydrogens is 277 g/mol. The zero-order valence-corrected chi connectivity index (χ0v) is 10.6. The third-order valence-electron chi connectivity index (χ3n) is 2.67. The van der Waals surface area contributed by atoms with Crippen molar-refractivity contribution < 1.29 is 18.0 Å². The van der Waals surface area contributed by atoms with Crippen molar-refractivity contribution in [1.82, 2.24) is 5.32 Å². The van der Waals surface area contributed by atoms with Crippen molar-refractivity contribution >= 4 is 28.9 Å². The van der Waals surface area contributed by atoms with E-state index in [2.05, 4.69) is 10.6 Å². The summed E-state index contributed by atoms with van der Waals surface area (Å²) < 4.78 is 38.2. The van der Waals surface area contributed by atoms with Crippen molar-refractivity contribution in [3.8, 4) is 0 Å². The van der Waals surface area contributed by atoms with Crippen molar-refractivity contribution in [2.24, 2.45) is 5.92 Å². The molecule has 1 saturated carbocycles. The minimum absolute atomic E-state index is 0.0578. The van der Waals surface area contributed by atoms with Crippen LogP contribution in [0.2, 0.25) is 0 Å². The van der Waals surface area contributed by atoms with Gasteiger partial charge in [-0.3, -0.25) is 4.79 Å². The van der Waals surface area contributed by atoms with E-state index >= 15 is 0 Å². The van der Waals surface area contributed by atoms with Crippen LogP contribution in [0.5, 0.6) is 0 Å². The first-order valence-electron chi connectivity index (χ1n) is 5.66. The summed E-state index contributed by atoms with van der Waals surface area (Å²) in [6.45, 7) is 0. The Morgan fingerprint density at radius 2 is 1.89 bits per heavy atom. The van der Waals surface area contributed by atoms with E-state index in [0.29, 0.717) is 0 Å². The van der Waals surface area contributed by atoms with Gasteiger partial charge in [-0.25, -0.2) is 0 Å². The molecule has 0 heterocycles. The largest absolute Gasteiger partial charge is 0.418 e. The molecule has 102 valence electrons. The van der Waals surface area contributed by atoms with Crippen LogP contribution in [-0.2, 0) is 11.0 Å². The zero-order valence-electron chi connectivity index (χ0n) is 9.75. The van der Waals surface area contributed by atoms with Gasteiger partial charge in [-0.2, -0.15) is 13.2 Å². The van der Waals surface area contributed by atoms with Crippen LogP contribution >= 0.6 is 12.2 Å². The first kappa shape index (κ1) is 13.8. The number of carbonyl (C=O) groups excluding carboxylic acids is 1. The van der Waals surface area contributed by atoms with Crippen molar-refractivity contribution in [1.29, 1.82) is 0 Å². The molecule has 0 saturated heterocycles. The topological polar surface area (TPSA) is 41.1 Å². The van der Waals surface area contributed by atoms with Gasteiger partial charge in [0.2, 0.25) is 5.91 Å². The number of halogens is 3. The predicted molar refractivity (Wildman–Crippen MR) is 68.5 cm³/mol. The van der Waals surface area contributed by atoms with Crippen LogP contribution in [-0.4, -0.2) is 11.0 Å². The summed E-state index contributed by atoms with van der Waals surface area (Å²) in [5.41, 5.74) is -0.992. The van der Waals surface area contributed by atoms with Gasteiger partial charge < -0.3 is 10.6 Å². The lowest BCUT2D eigenvalue weighted by Gasteiger charge is -2.15. The Labute approximate surface area is 113 Å². The Bertz CT molecular complexity index is 512. The number of alkyl halides is 3. The lowest BCUT2D eigenvalue weighted by Crippen LogP contribution is -2.35. The van der Waals surface area contributed by atoms with Crippen molar-refractivity contribution in [2.75, 3.05) is 5.32 Å². The van der Waals surface area contributed by atoms with E-state index in [4.69, 9.17) is 12.2 Å². The number of hydrogen-bond acceptors (Lipinski definition) is 2. The van der Waals surface area contributed by atoms with Crippen molar-refractivity contribution in [3.05, 3.63) is 29.8 Å². The smallest absolute Gasteiger partial charge is 0.332 e. The zero-order chi connectivity index (χ0) is 14.0. The molecule has 0 aliphatic heterocycles. The fourth-order valence-electron chi connectivity index (χ4n) is 1.55. The van der Waals surface area contributed by atoms with E-state index < -0.39 is 11.7 Å². The molecule has 7 heteroatoms. The fraction of sp³-hybridized carbons (Fsp3) is 0.333. The van der Waals surface area contributed by atoms with Crippen LogP contribution in [0.3, 0.4) is 0 Å². The fourth-order valence-corrected chi connectivity index (χ4v) is 1.76. The number of amides is 1. The molecule has 2 N–H and O–H groups in total. The van der Waals surface area contributed by atoms with Gasteiger partial charge in [-0.15, -0.1) is 0 Å². The van der Waals surface area contributed by atoms with Gasteiger partial charge in [0.05, 0.1) is 11.3 Å². The molecule has 2 rings (SSSR count). The maximum Gasteiger partial charge on any atom is 0.418 e. The lowest BCUT2D eigenvalue weighted by atomic mass is 10.1. The Morgan fingerprint density at radius 1 is 1.26 bits per heavy atom. The summed E-state index contributed by atoms with van der Waals surface area (Å²) in [6.07, 6.45) is -2.87. The maximum atomic E-state index is 12.7. The van der Waals surface area contributed by atoms with Gasteiger partial charge in [-0.1, -0.05) is 12.1 Å².